The molecule has 0 aliphatic rings. The van der Waals surface area contributed by atoms with Gasteiger partial charge < -0.3 is 5.43 Å². The fourth-order valence-electron chi connectivity index (χ4n) is 0.695. The Kier molecular flexibility index (Phi) is 2.68. The van der Waals surface area contributed by atoms with Crippen molar-refractivity contribution in [2.75, 3.05) is 19.5 Å². The molecule has 0 saturated carbocycles. The topological polar surface area (TPSA) is 28.2 Å². The molecule has 0 aromatic carbocycles. The van der Waals surface area contributed by atoms with Crippen molar-refractivity contribution in [3.8, 4) is 0 Å². The maximum Gasteiger partial charge on any atom is 0.141 e. The SMILES string of the molecule is CN(C)Nc1cc(Cl)ccn1. The van der Waals surface area contributed by atoms with Crippen LogP contribution in [0.2, 0.25) is 5.02 Å². The van der Waals surface area contributed by atoms with E-state index in [2.05, 4.69) is 10.4 Å². The van der Waals surface area contributed by atoms with E-state index in [1.54, 1.807) is 23.3 Å². The molecule has 0 saturated heterocycles. The van der Waals surface area contributed by atoms with E-state index in [0.29, 0.717) is 5.02 Å². The summed E-state index contributed by atoms with van der Waals surface area (Å²) < 4.78 is 0. The summed E-state index contributed by atoms with van der Waals surface area (Å²) in [7, 11) is 3.78. The van der Waals surface area contributed by atoms with Crippen molar-refractivity contribution in [3.63, 3.8) is 0 Å². The monoisotopic (exact) mass is 171 g/mol. The van der Waals surface area contributed by atoms with Gasteiger partial charge in [0.25, 0.3) is 0 Å². The maximum atomic E-state index is 5.73. The first kappa shape index (κ1) is 8.30. The van der Waals surface area contributed by atoms with Crippen molar-refractivity contribution in [1.82, 2.24) is 9.99 Å². The van der Waals surface area contributed by atoms with E-state index in [1.807, 2.05) is 14.1 Å². The molecule has 1 aromatic rings. The lowest BCUT2D eigenvalue weighted by molar-refractivity contribution is 0.492. The molecule has 0 radical (unpaired) electrons. The molecule has 4 heteroatoms. The molecule has 0 atom stereocenters. The molecule has 1 N–H and O–H groups in total. The molecule has 0 unspecified atom stereocenters. The van der Waals surface area contributed by atoms with E-state index in [0.717, 1.165) is 5.82 Å². The summed E-state index contributed by atoms with van der Waals surface area (Å²) in [5.41, 5.74) is 2.98. The number of halogens is 1. The van der Waals surface area contributed by atoms with Gasteiger partial charge in [0, 0.05) is 31.4 Å². The Morgan fingerprint density at radius 1 is 1.55 bits per heavy atom. The number of nitrogens with zero attached hydrogens (tertiary/aromatic N) is 2. The quantitative estimate of drug-likeness (QED) is 0.686. The van der Waals surface area contributed by atoms with Gasteiger partial charge in [0.1, 0.15) is 5.82 Å². The lowest BCUT2D eigenvalue weighted by Crippen LogP contribution is -2.20. The van der Waals surface area contributed by atoms with Gasteiger partial charge in [0.2, 0.25) is 0 Å². The zero-order valence-corrected chi connectivity index (χ0v) is 7.26. The minimum absolute atomic E-state index is 0.685. The zero-order valence-electron chi connectivity index (χ0n) is 6.50. The normalized spacial score (nSPS) is 10.2. The van der Waals surface area contributed by atoms with Gasteiger partial charge in [-0.2, -0.15) is 0 Å². The van der Waals surface area contributed by atoms with E-state index in [4.69, 9.17) is 11.6 Å². The molecule has 11 heavy (non-hydrogen) atoms. The number of pyridine rings is 1. The lowest BCUT2D eigenvalue weighted by atomic mass is 10.5. The first-order chi connectivity index (χ1) is 5.18. The zero-order chi connectivity index (χ0) is 8.27. The second-order valence-corrected chi connectivity index (χ2v) is 2.80. The highest BCUT2D eigenvalue weighted by Crippen LogP contribution is 2.11. The van der Waals surface area contributed by atoms with E-state index in [-0.39, 0.29) is 0 Å². The van der Waals surface area contributed by atoms with E-state index in [9.17, 15) is 0 Å². The van der Waals surface area contributed by atoms with E-state index < -0.39 is 0 Å². The first-order valence-corrected chi connectivity index (χ1v) is 3.62. The van der Waals surface area contributed by atoms with Crippen LogP contribution in [-0.4, -0.2) is 24.1 Å². The van der Waals surface area contributed by atoms with Crippen molar-refractivity contribution < 1.29 is 0 Å². The number of hydrogen-bond acceptors (Lipinski definition) is 3. The van der Waals surface area contributed by atoms with Crippen LogP contribution in [0.15, 0.2) is 18.3 Å². The highest BCUT2D eigenvalue weighted by atomic mass is 35.5. The van der Waals surface area contributed by atoms with Crippen LogP contribution >= 0.6 is 11.6 Å². The molecular weight excluding hydrogens is 162 g/mol. The Hall–Kier alpha value is -0.800. The van der Waals surface area contributed by atoms with E-state index in [1.165, 1.54) is 0 Å². The van der Waals surface area contributed by atoms with Gasteiger partial charge in [-0.25, -0.2) is 9.99 Å². The molecule has 0 spiro atoms. The number of aromatic nitrogens is 1. The summed E-state index contributed by atoms with van der Waals surface area (Å²) in [5.74, 6) is 0.752. The largest absolute Gasteiger partial charge is 0.304 e. The summed E-state index contributed by atoms with van der Waals surface area (Å²) in [4.78, 5) is 4.04. The van der Waals surface area contributed by atoms with Crippen LogP contribution in [0, 0.1) is 0 Å². The molecule has 0 aliphatic carbocycles. The minimum atomic E-state index is 0.685. The van der Waals surface area contributed by atoms with Gasteiger partial charge in [-0.15, -0.1) is 0 Å². The van der Waals surface area contributed by atoms with Crippen molar-refractivity contribution in [1.29, 1.82) is 0 Å². The Labute approximate surface area is 71.0 Å². The Morgan fingerprint density at radius 3 is 2.82 bits per heavy atom. The second kappa shape index (κ2) is 3.55. The van der Waals surface area contributed by atoms with Crippen LogP contribution in [-0.2, 0) is 0 Å². The third kappa shape index (κ3) is 2.74. The summed E-state index contributed by atoms with van der Waals surface area (Å²) in [5, 5.41) is 2.49. The summed E-state index contributed by atoms with van der Waals surface area (Å²) in [6.07, 6.45) is 1.66. The second-order valence-electron chi connectivity index (χ2n) is 2.37. The van der Waals surface area contributed by atoms with E-state index >= 15 is 0 Å². The Bertz CT molecular complexity index is 237. The summed E-state index contributed by atoms with van der Waals surface area (Å²) >= 11 is 5.73. The van der Waals surface area contributed by atoms with Crippen molar-refractivity contribution in [2.24, 2.45) is 0 Å². The van der Waals surface area contributed by atoms with Gasteiger partial charge in [0.05, 0.1) is 0 Å². The molecule has 1 rings (SSSR count). The number of nitrogens with one attached hydrogen (secondary N) is 1. The predicted molar refractivity (Wildman–Crippen MR) is 46.6 cm³/mol. The van der Waals surface area contributed by atoms with Gasteiger partial charge in [-0.1, -0.05) is 11.6 Å². The molecule has 0 fully saturated rings. The van der Waals surface area contributed by atoms with Crippen LogP contribution in [0.4, 0.5) is 5.82 Å². The molecule has 1 aromatic heterocycles. The number of hydrazine groups is 1. The smallest absolute Gasteiger partial charge is 0.141 e. The van der Waals surface area contributed by atoms with Gasteiger partial charge in [-0.05, 0) is 6.07 Å². The Balaban J connectivity index is 2.71. The fraction of sp³-hybridized carbons (Fsp3) is 0.286. The number of anilines is 1. The van der Waals surface area contributed by atoms with Crippen LogP contribution in [0.3, 0.4) is 0 Å². The van der Waals surface area contributed by atoms with Gasteiger partial charge in [0.15, 0.2) is 0 Å². The third-order valence-electron chi connectivity index (χ3n) is 1.06. The predicted octanol–water partition coefficient (Wildman–Crippen LogP) is 1.62. The van der Waals surface area contributed by atoms with Gasteiger partial charge in [-0.3, -0.25) is 0 Å². The van der Waals surface area contributed by atoms with Crippen molar-refractivity contribution in [3.05, 3.63) is 23.4 Å². The minimum Gasteiger partial charge on any atom is -0.304 e. The maximum absolute atomic E-state index is 5.73. The van der Waals surface area contributed by atoms with Crippen LogP contribution < -0.4 is 5.43 Å². The molecule has 1 heterocycles. The molecule has 60 valence electrons. The van der Waals surface area contributed by atoms with Crippen molar-refractivity contribution >= 4 is 17.4 Å². The summed E-state index contributed by atoms with van der Waals surface area (Å²) in [6, 6.07) is 3.50. The molecule has 0 aliphatic heterocycles. The van der Waals surface area contributed by atoms with Gasteiger partial charge >= 0.3 is 0 Å². The average Bonchev–Trinajstić information content (AvgIpc) is 1.85. The van der Waals surface area contributed by atoms with Crippen LogP contribution in [0.1, 0.15) is 0 Å². The van der Waals surface area contributed by atoms with Crippen LogP contribution in [0.25, 0.3) is 0 Å². The number of rotatable bonds is 2. The van der Waals surface area contributed by atoms with Crippen LogP contribution in [0.5, 0.6) is 0 Å². The lowest BCUT2D eigenvalue weighted by Gasteiger charge is -2.11. The Morgan fingerprint density at radius 2 is 2.27 bits per heavy atom. The first-order valence-electron chi connectivity index (χ1n) is 3.24. The fourth-order valence-corrected chi connectivity index (χ4v) is 0.855. The standard InChI is InChI=1S/C7H10ClN3/c1-11(2)10-7-5-6(8)3-4-9-7/h3-5H,1-2H3,(H,9,10). The average molecular weight is 172 g/mol. The molecular formula is C7H10ClN3. The summed E-state index contributed by atoms with van der Waals surface area (Å²) in [6.45, 7) is 0. The highest BCUT2D eigenvalue weighted by molar-refractivity contribution is 6.30. The molecule has 0 bridgehead atoms. The number of hydrogen-bond donors (Lipinski definition) is 1. The van der Waals surface area contributed by atoms with Crippen molar-refractivity contribution in [2.45, 2.75) is 0 Å². The molecule has 0 amide bonds. The molecule has 3 nitrogen and oxygen atoms in total. The third-order valence-corrected chi connectivity index (χ3v) is 1.30. The highest BCUT2D eigenvalue weighted by Gasteiger charge is 1.93.